The number of carbonyl (C=O) groups is 2. The molecule has 1 aromatic rings. The maximum absolute atomic E-state index is 12.5. The molecule has 1 heterocycles. The highest BCUT2D eigenvalue weighted by Crippen LogP contribution is 2.23. The average molecular weight is 308 g/mol. The molecule has 1 aromatic carbocycles. The van der Waals surface area contributed by atoms with E-state index < -0.39 is 22.8 Å². The third-order valence-corrected chi connectivity index (χ3v) is 3.58. The van der Waals surface area contributed by atoms with E-state index in [0.29, 0.717) is 12.0 Å². The molecule has 0 aliphatic carbocycles. The Kier molecular flexibility index (Phi) is 4.71. The van der Waals surface area contributed by atoms with Crippen LogP contribution in [0.2, 0.25) is 0 Å². The Morgan fingerprint density at radius 2 is 2.23 bits per heavy atom. The van der Waals surface area contributed by atoms with Gasteiger partial charge in [-0.1, -0.05) is 13.0 Å². The zero-order valence-corrected chi connectivity index (χ0v) is 12.0. The molecule has 1 fully saturated rings. The summed E-state index contributed by atoms with van der Waals surface area (Å²) in [5.74, 6) is -1.70. The molecule has 118 valence electrons. The summed E-state index contributed by atoms with van der Waals surface area (Å²) in [7, 11) is 0. The highest BCUT2D eigenvalue weighted by atomic mass is 16.6. The van der Waals surface area contributed by atoms with Crippen LogP contribution in [0.5, 0.6) is 0 Å². The van der Waals surface area contributed by atoms with Gasteiger partial charge in [0, 0.05) is 23.7 Å². The molecule has 8 nitrogen and oxygen atoms in total. The molecule has 1 aliphatic heterocycles. The third-order valence-electron chi connectivity index (χ3n) is 3.58. The molecule has 1 N–H and O–H groups in total. The van der Waals surface area contributed by atoms with Gasteiger partial charge in [-0.25, -0.2) is 4.79 Å². The standard InChI is InChI=1S/C14H16N2O6/c1-2-9-3-4-10(7-11(9)16(20)21)13(17)15-5-6-22-8-12(15)14(18)19/h3-4,7,12H,2,5-6,8H2,1H3,(H,18,19). The van der Waals surface area contributed by atoms with Crippen molar-refractivity contribution in [1.82, 2.24) is 4.90 Å². The molecule has 8 heteroatoms. The first-order valence-corrected chi connectivity index (χ1v) is 6.84. The summed E-state index contributed by atoms with van der Waals surface area (Å²) in [6.45, 7) is 2.08. The van der Waals surface area contributed by atoms with E-state index in [1.54, 1.807) is 6.92 Å². The van der Waals surface area contributed by atoms with Crippen molar-refractivity contribution in [2.24, 2.45) is 0 Å². The van der Waals surface area contributed by atoms with E-state index in [2.05, 4.69) is 0 Å². The lowest BCUT2D eigenvalue weighted by Crippen LogP contribution is -2.52. The maximum atomic E-state index is 12.5. The molecule has 1 atom stereocenters. The predicted octanol–water partition coefficient (Wildman–Crippen LogP) is 1.08. The molecule has 0 bridgehead atoms. The minimum Gasteiger partial charge on any atom is -0.480 e. The highest BCUT2D eigenvalue weighted by molar-refractivity contribution is 5.97. The molecule has 0 saturated carbocycles. The van der Waals surface area contributed by atoms with Crippen molar-refractivity contribution < 1.29 is 24.4 Å². The van der Waals surface area contributed by atoms with Crippen molar-refractivity contribution in [3.8, 4) is 0 Å². The molecule has 0 aromatic heterocycles. The van der Waals surface area contributed by atoms with Crippen LogP contribution in [0, 0.1) is 10.1 Å². The smallest absolute Gasteiger partial charge is 0.328 e. The van der Waals surface area contributed by atoms with Gasteiger partial charge >= 0.3 is 5.97 Å². The Morgan fingerprint density at radius 3 is 2.82 bits per heavy atom. The minimum absolute atomic E-state index is 0.0871. The second-order valence-corrected chi connectivity index (χ2v) is 4.88. The summed E-state index contributed by atoms with van der Waals surface area (Å²) in [5.41, 5.74) is 0.504. The van der Waals surface area contributed by atoms with Gasteiger partial charge in [0.2, 0.25) is 0 Å². The SMILES string of the molecule is CCc1ccc(C(=O)N2CCOCC2C(=O)O)cc1[N+](=O)[O-]. The monoisotopic (exact) mass is 308 g/mol. The number of amides is 1. The van der Waals surface area contributed by atoms with Gasteiger partial charge in [-0.05, 0) is 12.5 Å². The summed E-state index contributed by atoms with van der Waals surface area (Å²) >= 11 is 0. The molecular weight excluding hydrogens is 292 g/mol. The van der Waals surface area contributed by atoms with E-state index in [1.165, 1.54) is 23.1 Å². The molecule has 1 unspecified atom stereocenters. The quantitative estimate of drug-likeness (QED) is 0.658. The van der Waals surface area contributed by atoms with Crippen molar-refractivity contribution in [2.45, 2.75) is 19.4 Å². The topological polar surface area (TPSA) is 110 Å². The van der Waals surface area contributed by atoms with E-state index in [1.807, 2.05) is 0 Å². The predicted molar refractivity (Wildman–Crippen MR) is 75.8 cm³/mol. The lowest BCUT2D eigenvalue weighted by molar-refractivity contribution is -0.385. The summed E-state index contributed by atoms with van der Waals surface area (Å²) in [6, 6.07) is 3.14. The summed E-state index contributed by atoms with van der Waals surface area (Å²) in [6.07, 6.45) is 0.472. The van der Waals surface area contributed by atoms with Crippen LogP contribution < -0.4 is 0 Å². The number of hydrogen-bond acceptors (Lipinski definition) is 5. The van der Waals surface area contributed by atoms with Gasteiger partial charge in [0.1, 0.15) is 0 Å². The Morgan fingerprint density at radius 1 is 1.50 bits per heavy atom. The van der Waals surface area contributed by atoms with Crippen molar-refractivity contribution in [3.05, 3.63) is 39.4 Å². The number of carbonyl (C=O) groups excluding carboxylic acids is 1. The molecule has 1 aliphatic rings. The second-order valence-electron chi connectivity index (χ2n) is 4.88. The zero-order valence-electron chi connectivity index (χ0n) is 12.0. The van der Waals surface area contributed by atoms with Crippen LogP contribution in [0.1, 0.15) is 22.8 Å². The van der Waals surface area contributed by atoms with Gasteiger partial charge in [-0.2, -0.15) is 0 Å². The van der Waals surface area contributed by atoms with Gasteiger partial charge in [0.05, 0.1) is 18.1 Å². The van der Waals surface area contributed by atoms with Gasteiger partial charge in [-0.15, -0.1) is 0 Å². The van der Waals surface area contributed by atoms with E-state index in [9.17, 15) is 19.7 Å². The number of carboxylic acids is 1. The van der Waals surface area contributed by atoms with Gasteiger partial charge < -0.3 is 14.7 Å². The first kappa shape index (κ1) is 15.9. The first-order valence-electron chi connectivity index (χ1n) is 6.84. The molecule has 2 rings (SSSR count). The Labute approximate surface area is 126 Å². The number of hydrogen-bond donors (Lipinski definition) is 1. The molecule has 22 heavy (non-hydrogen) atoms. The number of morpholine rings is 1. The summed E-state index contributed by atoms with van der Waals surface area (Å²) < 4.78 is 5.08. The number of nitrogens with zero attached hydrogens (tertiary/aromatic N) is 2. The van der Waals surface area contributed by atoms with Crippen molar-refractivity contribution in [3.63, 3.8) is 0 Å². The number of nitro groups is 1. The van der Waals surface area contributed by atoms with Gasteiger partial charge in [0.15, 0.2) is 6.04 Å². The fraction of sp³-hybridized carbons (Fsp3) is 0.429. The van der Waals surface area contributed by atoms with Crippen LogP contribution in [0.4, 0.5) is 5.69 Å². The normalized spacial score (nSPS) is 18.0. The summed E-state index contributed by atoms with van der Waals surface area (Å²) in [4.78, 5) is 35.4. The van der Waals surface area contributed by atoms with E-state index >= 15 is 0 Å². The highest BCUT2D eigenvalue weighted by Gasteiger charge is 2.33. The largest absolute Gasteiger partial charge is 0.480 e. The van der Waals surface area contributed by atoms with Crippen LogP contribution in [0.25, 0.3) is 0 Å². The van der Waals surface area contributed by atoms with Crippen LogP contribution in [-0.4, -0.2) is 52.6 Å². The third kappa shape index (κ3) is 3.06. The lowest BCUT2D eigenvalue weighted by atomic mass is 10.1. The van der Waals surface area contributed by atoms with Crippen LogP contribution in [-0.2, 0) is 16.0 Å². The number of aryl methyl sites for hydroxylation is 1. The van der Waals surface area contributed by atoms with Gasteiger partial charge in [-0.3, -0.25) is 14.9 Å². The number of benzene rings is 1. The van der Waals surface area contributed by atoms with Crippen LogP contribution >= 0.6 is 0 Å². The molecule has 1 amide bonds. The molecule has 0 radical (unpaired) electrons. The number of nitro benzene ring substituents is 1. The Hall–Kier alpha value is -2.48. The Bertz CT molecular complexity index is 615. The number of ether oxygens (including phenoxy) is 1. The Balaban J connectivity index is 2.34. The number of rotatable bonds is 4. The van der Waals surface area contributed by atoms with E-state index in [0.717, 1.165) is 0 Å². The van der Waals surface area contributed by atoms with E-state index in [-0.39, 0.29) is 31.0 Å². The van der Waals surface area contributed by atoms with E-state index in [4.69, 9.17) is 9.84 Å². The molecule has 1 saturated heterocycles. The first-order chi connectivity index (χ1) is 10.5. The van der Waals surface area contributed by atoms with Crippen LogP contribution in [0.3, 0.4) is 0 Å². The number of aliphatic carboxylic acids is 1. The lowest BCUT2D eigenvalue weighted by Gasteiger charge is -2.32. The number of carboxylic acid groups (broad SMARTS) is 1. The van der Waals surface area contributed by atoms with Gasteiger partial charge in [0.25, 0.3) is 11.6 Å². The van der Waals surface area contributed by atoms with Crippen molar-refractivity contribution in [2.75, 3.05) is 19.8 Å². The fourth-order valence-corrected chi connectivity index (χ4v) is 2.38. The van der Waals surface area contributed by atoms with Crippen LogP contribution in [0.15, 0.2) is 18.2 Å². The second kappa shape index (κ2) is 6.52. The summed E-state index contributed by atoms with van der Waals surface area (Å²) in [5, 5.41) is 20.2. The molecule has 0 spiro atoms. The minimum atomic E-state index is -1.16. The zero-order chi connectivity index (χ0) is 16.3. The van der Waals surface area contributed by atoms with Crippen molar-refractivity contribution in [1.29, 1.82) is 0 Å². The molecular formula is C14H16N2O6. The average Bonchev–Trinajstić information content (AvgIpc) is 2.53. The van der Waals surface area contributed by atoms with Crippen molar-refractivity contribution >= 4 is 17.6 Å². The maximum Gasteiger partial charge on any atom is 0.328 e. The fourth-order valence-electron chi connectivity index (χ4n) is 2.38.